The summed E-state index contributed by atoms with van der Waals surface area (Å²) in [7, 11) is 0. The summed E-state index contributed by atoms with van der Waals surface area (Å²) in [6.07, 6.45) is 0.425. The molecule has 2 heterocycles. The van der Waals surface area contributed by atoms with E-state index in [0.29, 0.717) is 51.0 Å². The molecule has 1 fully saturated rings. The van der Waals surface area contributed by atoms with Crippen molar-refractivity contribution >= 4 is 17.7 Å². The summed E-state index contributed by atoms with van der Waals surface area (Å²) >= 11 is 0. The lowest BCUT2D eigenvalue weighted by atomic mass is 10.3. The molecule has 0 radical (unpaired) electrons. The van der Waals surface area contributed by atoms with Crippen LogP contribution in [0.2, 0.25) is 0 Å². The van der Waals surface area contributed by atoms with Gasteiger partial charge in [-0.2, -0.15) is 4.98 Å². The van der Waals surface area contributed by atoms with Crippen LogP contribution >= 0.6 is 0 Å². The van der Waals surface area contributed by atoms with Crippen LogP contribution in [0, 0.1) is 6.92 Å². The molecule has 0 unspecified atom stereocenters. The van der Waals surface area contributed by atoms with Crippen molar-refractivity contribution in [2.75, 3.05) is 43.6 Å². The van der Waals surface area contributed by atoms with Crippen molar-refractivity contribution in [3.8, 4) is 0 Å². The Morgan fingerprint density at radius 2 is 2.20 bits per heavy atom. The van der Waals surface area contributed by atoms with E-state index in [0.717, 1.165) is 5.69 Å². The number of hydrazine groups is 1. The summed E-state index contributed by atoms with van der Waals surface area (Å²) in [4.78, 5) is 22.0. The number of nitrogens with zero attached hydrogens (tertiary/aromatic N) is 3. The number of aromatic nitrogens is 2. The van der Waals surface area contributed by atoms with Gasteiger partial charge in [0.15, 0.2) is 0 Å². The zero-order valence-corrected chi connectivity index (χ0v) is 11.6. The maximum Gasteiger partial charge on any atom is 0.239 e. The number of carbonyl (C=O) groups excluding carboxylic acids is 1. The molecule has 0 saturated carbocycles. The zero-order chi connectivity index (χ0) is 14.4. The normalized spacial score (nSPS) is 15.0. The van der Waals surface area contributed by atoms with E-state index in [1.54, 1.807) is 6.07 Å². The topological polar surface area (TPSA) is 105 Å². The molecular weight excluding hydrogens is 260 g/mol. The van der Waals surface area contributed by atoms with Gasteiger partial charge < -0.3 is 15.0 Å². The van der Waals surface area contributed by atoms with E-state index in [1.165, 1.54) is 0 Å². The quantitative estimate of drug-likeness (QED) is 0.503. The molecule has 0 aliphatic carbocycles. The highest BCUT2D eigenvalue weighted by molar-refractivity contribution is 5.76. The van der Waals surface area contributed by atoms with Crippen LogP contribution in [0.5, 0.6) is 0 Å². The summed E-state index contributed by atoms with van der Waals surface area (Å²) < 4.78 is 5.22. The van der Waals surface area contributed by atoms with Crippen LogP contribution in [-0.2, 0) is 9.53 Å². The van der Waals surface area contributed by atoms with E-state index in [4.69, 9.17) is 10.6 Å². The summed E-state index contributed by atoms with van der Waals surface area (Å²) in [5.41, 5.74) is 3.21. The van der Waals surface area contributed by atoms with Crippen molar-refractivity contribution in [1.29, 1.82) is 0 Å². The van der Waals surface area contributed by atoms with Crippen LogP contribution in [-0.4, -0.2) is 53.6 Å². The van der Waals surface area contributed by atoms with Crippen molar-refractivity contribution in [3.05, 3.63) is 11.8 Å². The standard InChI is InChI=1S/C12H20N6O2/c1-9-8-10(16-12(15-9)17-13)14-3-2-11(19)18-4-6-20-7-5-18/h8H,2-7,13H2,1H3,(H2,14,15,16,17). The minimum absolute atomic E-state index is 0.128. The van der Waals surface area contributed by atoms with Crippen molar-refractivity contribution in [2.24, 2.45) is 5.84 Å². The van der Waals surface area contributed by atoms with Gasteiger partial charge in [0.1, 0.15) is 5.82 Å². The molecule has 1 aromatic rings. The van der Waals surface area contributed by atoms with E-state index in [2.05, 4.69) is 20.7 Å². The fourth-order valence-electron chi connectivity index (χ4n) is 1.99. The number of amides is 1. The number of hydrogen-bond donors (Lipinski definition) is 3. The lowest BCUT2D eigenvalue weighted by molar-refractivity contribution is -0.134. The van der Waals surface area contributed by atoms with E-state index >= 15 is 0 Å². The van der Waals surface area contributed by atoms with E-state index in [9.17, 15) is 4.79 Å². The molecule has 2 rings (SSSR count). The van der Waals surface area contributed by atoms with Crippen LogP contribution < -0.4 is 16.6 Å². The third-order valence-corrected chi connectivity index (χ3v) is 2.99. The molecular formula is C12H20N6O2. The van der Waals surface area contributed by atoms with Gasteiger partial charge in [-0.25, -0.2) is 10.8 Å². The maximum absolute atomic E-state index is 11.9. The molecule has 1 amide bonds. The Morgan fingerprint density at radius 3 is 2.90 bits per heavy atom. The van der Waals surface area contributed by atoms with Gasteiger partial charge in [-0.1, -0.05) is 0 Å². The Kier molecular flexibility index (Phi) is 5.08. The third-order valence-electron chi connectivity index (χ3n) is 2.99. The summed E-state index contributed by atoms with van der Waals surface area (Å²) in [5.74, 6) is 6.42. The number of aryl methyl sites for hydroxylation is 1. The Bertz CT molecular complexity index is 461. The molecule has 1 aromatic heterocycles. The van der Waals surface area contributed by atoms with Crippen LogP contribution in [0.4, 0.5) is 11.8 Å². The molecule has 20 heavy (non-hydrogen) atoms. The molecule has 4 N–H and O–H groups in total. The molecule has 0 bridgehead atoms. The average Bonchev–Trinajstić information content (AvgIpc) is 2.47. The summed E-state index contributed by atoms with van der Waals surface area (Å²) in [6.45, 7) is 4.97. The molecule has 0 atom stereocenters. The monoisotopic (exact) mass is 280 g/mol. The van der Waals surface area contributed by atoms with Crippen LogP contribution in [0.1, 0.15) is 12.1 Å². The highest BCUT2D eigenvalue weighted by Gasteiger charge is 2.16. The predicted molar refractivity (Wildman–Crippen MR) is 75.1 cm³/mol. The van der Waals surface area contributed by atoms with Crippen molar-refractivity contribution in [1.82, 2.24) is 14.9 Å². The van der Waals surface area contributed by atoms with Gasteiger partial charge in [0.2, 0.25) is 11.9 Å². The Labute approximate surface area is 117 Å². The number of hydrogen-bond acceptors (Lipinski definition) is 7. The highest BCUT2D eigenvalue weighted by atomic mass is 16.5. The van der Waals surface area contributed by atoms with Gasteiger partial charge >= 0.3 is 0 Å². The first-order chi connectivity index (χ1) is 9.69. The van der Waals surface area contributed by atoms with E-state index < -0.39 is 0 Å². The highest BCUT2D eigenvalue weighted by Crippen LogP contribution is 2.09. The molecule has 1 saturated heterocycles. The molecule has 8 nitrogen and oxygen atoms in total. The largest absolute Gasteiger partial charge is 0.378 e. The average molecular weight is 280 g/mol. The number of carbonyl (C=O) groups is 1. The summed E-state index contributed by atoms with van der Waals surface area (Å²) in [5, 5.41) is 3.10. The molecule has 1 aliphatic heterocycles. The minimum atomic E-state index is 0.128. The number of nitrogens with one attached hydrogen (secondary N) is 2. The molecule has 8 heteroatoms. The van der Waals surface area contributed by atoms with Gasteiger partial charge in [0, 0.05) is 37.8 Å². The summed E-state index contributed by atoms with van der Waals surface area (Å²) in [6, 6.07) is 1.81. The number of morpholine rings is 1. The molecule has 110 valence electrons. The van der Waals surface area contributed by atoms with Gasteiger partial charge in [-0.15, -0.1) is 0 Å². The fourth-order valence-corrected chi connectivity index (χ4v) is 1.99. The van der Waals surface area contributed by atoms with Gasteiger partial charge in [0.05, 0.1) is 13.2 Å². The lowest BCUT2D eigenvalue weighted by Crippen LogP contribution is -2.41. The first-order valence-corrected chi connectivity index (χ1v) is 6.61. The molecule has 0 spiro atoms. The van der Waals surface area contributed by atoms with Crippen LogP contribution in [0.25, 0.3) is 0 Å². The molecule has 1 aliphatic rings. The number of ether oxygens (including phenoxy) is 1. The van der Waals surface area contributed by atoms with Crippen molar-refractivity contribution in [3.63, 3.8) is 0 Å². The smallest absolute Gasteiger partial charge is 0.239 e. The minimum Gasteiger partial charge on any atom is -0.378 e. The van der Waals surface area contributed by atoms with Crippen LogP contribution in [0.3, 0.4) is 0 Å². The van der Waals surface area contributed by atoms with E-state index in [1.807, 2.05) is 11.8 Å². The van der Waals surface area contributed by atoms with E-state index in [-0.39, 0.29) is 5.91 Å². The maximum atomic E-state index is 11.9. The Balaban J connectivity index is 1.80. The third kappa shape index (κ3) is 4.04. The second-order valence-corrected chi connectivity index (χ2v) is 4.53. The van der Waals surface area contributed by atoms with Crippen molar-refractivity contribution in [2.45, 2.75) is 13.3 Å². The second kappa shape index (κ2) is 7.01. The number of rotatable bonds is 5. The van der Waals surface area contributed by atoms with Crippen molar-refractivity contribution < 1.29 is 9.53 Å². The SMILES string of the molecule is Cc1cc(NCCC(=O)N2CCOCC2)nc(NN)n1. The van der Waals surface area contributed by atoms with Gasteiger partial charge in [0.25, 0.3) is 0 Å². The van der Waals surface area contributed by atoms with Gasteiger partial charge in [-0.3, -0.25) is 10.2 Å². The number of nitrogens with two attached hydrogens (primary N) is 1. The lowest BCUT2D eigenvalue weighted by Gasteiger charge is -2.26. The molecule has 0 aromatic carbocycles. The zero-order valence-electron chi connectivity index (χ0n) is 11.6. The number of nitrogen functional groups attached to an aromatic ring is 1. The second-order valence-electron chi connectivity index (χ2n) is 4.53. The first kappa shape index (κ1) is 14.5. The Morgan fingerprint density at radius 1 is 1.45 bits per heavy atom. The van der Waals surface area contributed by atoms with Crippen LogP contribution in [0.15, 0.2) is 6.07 Å². The fraction of sp³-hybridized carbons (Fsp3) is 0.583. The first-order valence-electron chi connectivity index (χ1n) is 6.61. The Hall–Kier alpha value is -1.93. The number of anilines is 2. The van der Waals surface area contributed by atoms with Gasteiger partial charge in [-0.05, 0) is 6.92 Å². The predicted octanol–water partition coefficient (Wildman–Crippen LogP) is -0.269.